The number of anilines is 2. The van der Waals surface area contributed by atoms with E-state index in [2.05, 4.69) is 34.5 Å². The number of hydrogen-bond donors (Lipinski definition) is 1. The van der Waals surface area contributed by atoms with Crippen LogP contribution in [-0.2, 0) is 6.54 Å². The van der Waals surface area contributed by atoms with E-state index in [-0.39, 0.29) is 0 Å². The van der Waals surface area contributed by atoms with E-state index in [9.17, 15) is 0 Å². The third-order valence-corrected chi connectivity index (χ3v) is 3.41. The van der Waals surface area contributed by atoms with Crippen LogP contribution in [-0.4, -0.2) is 21.2 Å². The topological polar surface area (TPSA) is 24.5 Å². The fourth-order valence-corrected chi connectivity index (χ4v) is 2.08. The Hall–Kier alpha value is -1.87. The van der Waals surface area contributed by atoms with Gasteiger partial charge in [0.05, 0.1) is 12.1 Å². The van der Waals surface area contributed by atoms with Gasteiger partial charge in [0.1, 0.15) is 5.75 Å². The van der Waals surface area contributed by atoms with Gasteiger partial charge in [-0.25, -0.2) is 0 Å². The molecule has 0 aliphatic carbocycles. The third-order valence-electron chi connectivity index (χ3n) is 3.10. The molecular weight excluding hydrogens is 272 g/mol. The van der Waals surface area contributed by atoms with Gasteiger partial charge in [-0.2, -0.15) is 0 Å². The molecule has 0 saturated carbocycles. The summed E-state index contributed by atoms with van der Waals surface area (Å²) in [5.41, 5.74) is 3.41. The van der Waals surface area contributed by atoms with Gasteiger partial charge < -0.3 is 15.0 Å². The van der Waals surface area contributed by atoms with Gasteiger partial charge in [-0.15, -0.1) is 0 Å². The van der Waals surface area contributed by atoms with Crippen LogP contribution in [0, 0.1) is 0 Å². The van der Waals surface area contributed by atoms with E-state index in [4.69, 9.17) is 16.3 Å². The molecule has 0 atom stereocenters. The highest BCUT2D eigenvalue weighted by atomic mass is 35.5. The van der Waals surface area contributed by atoms with Crippen molar-refractivity contribution in [2.45, 2.75) is 6.54 Å². The van der Waals surface area contributed by atoms with Crippen molar-refractivity contribution in [1.29, 1.82) is 0 Å². The minimum absolute atomic E-state index is 0.619. The first-order valence-electron chi connectivity index (χ1n) is 6.44. The third kappa shape index (κ3) is 3.58. The molecule has 0 aromatic heterocycles. The van der Waals surface area contributed by atoms with Crippen molar-refractivity contribution < 1.29 is 4.74 Å². The maximum atomic E-state index is 6.00. The summed E-state index contributed by atoms with van der Waals surface area (Å²) in [5, 5.41) is 3.98. The zero-order chi connectivity index (χ0) is 14.5. The van der Waals surface area contributed by atoms with Crippen LogP contribution in [0.5, 0.6) is 5.75 Å². The second-order valence-electron chi connectivity index (χ2n) is 4.76. The van der Waals surface area contributed by atoms with Crippen LogP contribution in [0.3, 0.4) is 0 Å². The van der Waals surface area contributed by atoms with Crippen molar-refractivity contribution in [2.75, 3.05) is 31.4 Å². The minimum Gasteiger partial charge on any atom is -0.495 e. The molecular formula is C16H19ClN2O. The molecule has 0 unspecified atom stereocenters. The van der Waals surface area contributed by atoms with E-state index in [0.29, 0.717) is 10.8 Å². The maximum Gasteiger partial charge on any atom is 0.139 e. The lowest BCUT2D eigenvalue weighted by Gasteiger charge is -2.13. The molecule has 0 saturated heterocycles. The van der Waals surface area contributed by atoms with E-state index >= 15 is 0 Å². The summed E-state index contributed by atoms with van der Waals surface area (Å²) in [6.45, 7) is 0.762. The van der Waals surface area contributed by atoms with Gasteiger partial charge in [0.15, 0.2) is 0 Å². The van der Waals surface area contributed by atoms with E-state index in [1.807, 2.05) is 32.3 Å². The van der Waals surface area contributed by atoms with Crippen LogP contribution < -0.4 is 15.0 Å². The van der Waals surface area contributed by atoms with Gasteiger partial charge in [0.2, 0.25) is 0 Å². The highest BCUT2D eigenvalue weighted by molar-refractivity contribution is 6.32. The Balaban J connectivity index is 2.01. The summed E-state index contributed by atoms with van der Waals surface area (Å²) in [7, 11) is 5.69. The fourth-order valence-electron chi connectivity index (χ4n) is 1.89. The summed E-state index contributed by atoms with van der Waals surface area (Å²) in [6, 6.07) is 14.1. The average Bonchev–Trinajstić information content (AvgIpc) is 2.46. The van der Waals surface area contributed by atoms with Crippen molar-refractivity contribution >= 4 is 23.0 Å². The Morgan fingerprint density at radius 2 is 1.80 bits per heavy atom. The highest BCUT2D eigenvalue weighted by Gasteiger charge is 2.02. The Morgan fingerprint density at radius 1 is 1.10 bits per heavy atom. The number of benzene rings is 2. The molecule has 0 bridgehead atoms. The molecule has 0 spiro atoms. The zero-order valence-corrected chi connectivity index (χ0v) is 12.7. The van der Waals surface area contributed by atoms with Gasteiger partial charge in [-0.3, -0.25) is 0 Å². The Morgan fingerprint density at radius 3 is 2.40 bits per heavy atom. The molecule has 2 aromatic carbocycles. The van der Waals surface area contributed by atoms with Crippen LogP contribution in [0.4, 0.5) is 11.4 Å². The Bertz CT molecular complexity index is 567. The van der Waals surface area contributed by atoms with Crippen LogP contribution in [0.15, 0.2) is 42.5 Å². The predicted molar refractivity (Wildman–Crippen MR) is 86.1 cm³/mol. The van der Waals surface area contributed by atoms with Gasteiger partial charge in [-0.1, -0.05) is 23.7 Å². The lowest BCUT2D eigenvalue weighted by Crippen LogP contribution is -2.08. The molecule has 106 valence electrons. The molecule has 2 aromatic rings. The van der Waals surface area contributed by atoms with Crippen molar-refractivity contribution in [3.8, 4) is 5.75 Å². The molecule has 1 N–H and O–H groups in total. The van der Waals surface area contributed by atoms with E-state index < -0.39 is 0 Å². The molecule has 4 heteroatoms. The monoisotopic (exact) mass is 290 g/mol. The van der Waals surface area contributed by atoms with Crippen molar-refractivity contribution in [1.82, 2.24) is 0 Å². The van der Waals surface area contributed by atoms with Crippen LogP contribution in [0.2, 0.25) is 5.02 Å². The summed E-state index contributed by atoms with van der Waals surface area (Å²) in [6.07, 6.45) is 0. The largest absolute Gasteiger partial charge is 0.495 e. The number of nitrogens with one attached hydrogen (secondary N) is 1. The van der Waals surface area contributed by atoms with Gasteiger partial charge >= 0.3 is 0 Å². The summed E-state index contributed by atoms with van der Waals surface area (Å²) in [4.78, 5) is 2.08. The summed E-state index contributed by atoms with van der Waals surface area (Å²) < 4.78 is 5.20. The van der Waals surface area contributed by atoms with Gasteiger partial charge in [0, 0.05) is 38.1 Å². The SMILES string of the molecule is COc1cc(NCc2ccc(N(C)C)cc2)ccc1Cl. The molecule has 0 aliphatic rings. The highest BCUT2D eigenvalue weighted by Crippen LogP contribution is 2.27. The first-order valence-corrected chi connectivity index (χ1v) is 6.81. The number of methoxy groups -OCH3 is 1. The lowest BCUT2D eigenvalue weighted by atomic mass is 10.2. The van der Waals surface area contributed by atoms with E-state index in [0.717, 1.165) is 12.2 Å². The molecule has 0 heterocycles. The maximum absolute atomic E-state index is 6.00. The van der Waals surface area contributed by atoms with Crippen LogP contribution >= 0.6 is 11.6 Å². The average molecular weight is 291 g/mol. The number of halogens is 1. The smallest absolute Gasteiger partial charge is 0.139 e. The van der Waals surface area contributed by atoms with Gasteiger partial charge in [0.25, 0.3) is 0 Å². The standard InChI is InChI=1S/C16H19ClN2O/c1-19(2)14-7-4-12(5-8-14)11-18-13-6-9-15(17)16(10-13)20-3/h4-10,18H,11H2,1-3H3. The summed E-state index contributed by atoms with van der Waals surface area (Å²) in [5.74, 6) is 0.680. The molecule has 0 aliphatic heterocycles. The number of rotatable bonds is 5. The fraction of sp³-hybridized carbons (Fsp3) is 0.250. The quantitative estimate of drug-likeness (QED) is 0.900. The number of hydrogen-bond acceptors (Lipinski definition) is 3. The lowest BCUT2D eigenvalue weighted by molar-refractivity contribution is 0.415. The van der Waals surface area contributed by atoms with Crippen molar-refractivity contribution in [2.24, 2.45) is 0 Å². The second-order valence-corrected chi connectivity index (χ2v) is 5.17. The Kier molecular flexibility index (Phi) is 4.74. The molecule has 20 heavy (non-hydrogen) atoms. The van der Waals surface area contributed by atoms with Crippen molar-refractivity contribution in [3.63, 3.8) is 0 Å². The molecule has 3 nitrogen and oxygen atoms in total. The first kappa shape index (κ1) is 14.5. The number of nitrogens with zero attached hydrogens (tertiary/aromatic N) is 1. The van der Waals surface area contributed by atoms with Crippen LogP contribution in [0.1, 0.15) is 5.56 Å². The minimum atomic E-state index is 0.619. The first-order chi connectivity index (χ1) is 9.60. The van der Waals surface area contributed by atoms with E-state index in [1.165, 1.54) is 11.3 Å². The molecule has 0 radical (unpaired) electrons. The summed E-state index contributed by atoms with van der Waals surface area (Å²) >= 11 is 6.00. The van der Waals surface area contributed by atoms with Crippen molar-refractivity contribution in [3.05, 3.63) is 53.1 Å². The predicted octanol–water partition coefficient (Wildman–Crippen LogP) is 4.03. The zero-order valence-electron chi connectivity index (χ0n) is 12.0. The van der Waals surface area contributed by atoms with Crippen LogP contribution in [0.25, 0.3) is 0 Å². The van der Waals surface area contributed by atoms with Gasteiger partial charge in [-0.05, 0) is 29.8 Å². The number of ether oxygens (including phenoxy) is 1. The van der Waals surface area contributed by atoms with E-state index in [1.54, 1.807) is 7.11 Å². The second kappa shape index (κ2) is 6.53. The molecule has 2 rings (SSSR count). The molecule has 0 amide bonds. The Labute approximate surface area is 125 Å². The molecule has 0 fully saturated rings. The normalized spacial score (nSPS) is 10.2.